The molecule has 0 aliphatic carbocycles. The van der Waals surface area contributed by atoms with Gasteiger partial charge in [0.2, 0.25) is 0 Å². The zero-order valence-electron chi connectivity index (χ0n) is 8.48. The molecular formula is C13H15N. The summed E-state index contributed by atoms with van der Waals surface area (Å²) in [5.74, 6) is 0. The average molecular weight is 185 g/mol. The van der Waals surface area contributed by atoms with Crippen molar-refractivity contribution in [1.29, 1.82) is 0 Å². The fraction of sp³-hybridized carbons (Fsp3) is 0.231. The van der Waals surface area contributed by atoms with Gasteiger partial charge < -0.3 is 4.57 Å². The standard InChI is InChI=1S/C13H15N/c1-2-5-12-6-8-13(9-7-12)14-10-3-4-11-14/h3-4,6-11H,2,5H2,1H3. The van der Waals surface area contributed by atoms with Gasteiger partial charge in [0, 0.05) is 18.1 Å². The fourth-order valence-electron chi connectivity index (χ4n) is 1.63. The van der Waals surface area contributed by atoms with E-state index < -0.39 is 0 Å². The van der Waals surface area contributed by atoms with Gasteiger partial charge in [-0.25, -0.2) is 0 Å². The average Bonchev–Trinajstić information content (AvgIpc) is 2.72. The van der Waals surface area contributed by atoms with Crippen molar-refractivity contribution < 1.29 is 0 Å². The Morgan fingerprint density at radius 1 is 1.00 bits per heavy atom. The second-order valence-electron chi connectivity index (χ2n) is 3.51. The summed E-state index contributed by atoms with van der Waals surface area (Å²) >= 11 is 0. The molecule has 0 N–H and O–H groups in total. The lowest BCUT2D eigenvalue weighted by Crippen LogP contribution is -1.90. The second-order valence-corrected chi connectivity index (χ2v) is 3.51. The Bertz CT molecular complexity index is 370. The number of rotatable bonds is 3. The largest absolute Gasteiger partial charge is 0.324 e. The van der Waals surface area contributed by atoms with Gasteiger partial charge in [0.1, 0.15) is 0 Å². The summed E-state index contributed by atoms with van der Waals surface area (Å²) < 4.78 is 2.12. The molecular weight excluding hydrogens is 170 g/mol. The third-order valence-electron chi connectivity index (χ3n) is 2.38. The Morgan fingerprint density at radius 3 is 2.21 bits per heavy atom. The number of aryl methyl sites for hydroxylation is 1. The molecule has 1 nitrogen and oxygen atoms in total. The molecule has 2 rings (SSSR count). The zero-order chi connectivity index (χ0) is 9.80. The van der Waals surface area contributed by atoms with Crippen molar-refractivity contribution in [2.24, 2.45) is 0 Å². The van der Waals surface area contributed by atoms with Gasteiger partial charge in [-0.05, 0) is 36.2 Å². The summed E-state index contributed by atoms with van der Waals surface area (Å²) in [6.45, 7) is 2.21. The molecule has 1 aromatic carbocycles. The van der Waals surface area contributed by atoms with Crippen molar-refractivity contribution in [1.82, 2.24) is 4.57 Å². The highest BCUT2D eigenvalue weighted by molar-refractivity contribution is 5.35. The Morgan fingerprint density at radius 2 is 1.64 bits per heavy atom. The predicted octanol–water partition coefficient (Wildman–Crippen LogP) is 3.43. The van der Waals surface area contributed by atoms with E-state index in [1.165, 1.54) is 24.1 Å². The van der Waals surface area contributed by atoms with E-state index in [1.807, 2.05) is 12.1 Å². The Labute approximate surface area is 85.0 Å². The lowest BCUT2D eigenvalue weighted by molar-refractivity contribution is 0.920. The summed E-state index contributed by atoms with van der Waals surface area (Å²) in [6.07, 6.45) is 6.51. The van der Waals surface area contributed by atoms with Crippen LogP contribution in [0.3, 0.4) is 0 Å². The zero-order valence-corrected chi connectivity index (χ0v) is 8.48. The molecule has 0 bridgehead atoms. The molecule has 0 aliphatic heterocycles. The normalized spacial score (nSPS) is 10.4. The number of nitrogens with zero attached hydrogens (tertiary/aromatic N) is 1. The van der Waals surface area contributed by atoms with Crippen LogP contribution in [0.25, 0.3) is 5.69 Å². The molecule has 0 saturated heterocycles. The highest BCUT2D eigenvalue weighted by Gasteiger charge is 1.94. The summed E-state index contributed by atoms with van der Waals surface area (Å²) in [5, 5.41) is 0. The molecule has 0 saturated carbocycles. The molecule has 2 aromatic rings. The third-order valence-corrected chi connectivity index (χ3v) is 2.38. The predicted molar refractivity (Wildman–Crippen MR) is 59.8 cm³/mol. The minimum atomic E-state index is 1.17. The molecule has 14 heavy (non-hydrogen) atoms. The lowest BCUT2D eigenvalue weighted by Gasteiger charge is -2.04. The van der Waals surface area contributed by atoms with Crippen molar-refractivity contribution in [3.05, 3.63) is 54.4 Å². The van der Waals surface area contributed by atoms with E-state index in [4.69, 9.17) is 0 Å². The van der Waals surface area contributed by atoms with Crippen molar-refractivity contribution in [3.8, 4) is 5.69 Å². The Hall–Kier alpha value is -1.50. The molecule has 1 heterocycles. The SMILES string of the molecule is CCCc1ccc(-n2cccc2)cc1. The van der Waals surface area contributed by atoms with Gasteiger partial charge in [0.25, 0.3) is 0 Å². The molecule has 0 aliphatic rings. The van der Waals surface area contributed by atoms with Crippen LogP contribution >= 0.6 is 0 Å². The van der Waals surface area contributed by atoms with Crippen LogP contribution < -0.4 is 0 Å². The van der Waals surface area contributed by atoms with Crippen LogP contribution in [0.1, 0.15) is 18.9 Å². The van der Waals surface area contributed by atoms with Crippen LogP contribution in [0.2, 0.25) is 0 Å². The van der Waals surface area contributed by atoms with Crippen LogP contribution in [-0.4, -0.2) is 4.57 Å². The number of benzene rings is 1. The van der Waals surface area contributed by atoms with Gasteiger partial charge in [0.15, 0.2) is 0 Å². The first kappa shape index (κ1) is 9.07. The quantitative estimate of drug-likeness (QED) is 0.690. The van der Waals surface area contributed by atoms with E-state index in [9.17, 15) is 0 Å². The molecule has 0 unspecified atom stereocenters. The molecule has 0 amide bonds. The highest BCUT2D eigenvalue weighted by atomic mass is 14.9. The van der Waals surface area contributed by atoms with Crippen molar-refractivity contribution in [2.75, 3.05) is 0 Å². The first-order valence-corrected chi connectivity index (χ1v) is 5.12. The van der Waals surface area contributed by atoms with Crippen molar-refractivity contribution in [2.45, 2.75) is 19.8 Å². The molecule has 1 heteroatoms. The summed E-state index contributed by atoms with van der Waals surface area (Å²) in [4.78, 5) is 0. The van der Waals surface area contributed by atoms with E-state index in [0.717, 1.165) is 0 Å². The first-order valence-electron chi connectivity index (χ1n) is 5.12. The minimum Gasteiger partial charge on any atom is -0.324 e. The van der Waals surface area contributed by atoms with Gasteiger partial charge >= 0.3 is 0 Å². The van der Waals surface area contributed by atoms with Crippen LogP contribution in [-0.2, 0) is 6.42 Å². The van der Waals surface area contributed by atoms with Gasteiger partial charge in [-0.1, -0.05) is 25.5 Å². The maximum absolute atomic E-state index is 2.21. The Balaban J connectivity index is 2.22. The smallest absolute Gasteiger partial charge is 0.0449 e. The van der Waals surface area contributed by atoms with Crippen molar-refractivity contribution in [3.63, 3.8) is 0 Å². The number of hydrogen-bond acceptors (Lipinski definition) is 0. The summed E-state index contributed by atoms with van der Waals surface area (Å²) in [6, 6.07) is 12.8. The maximum Gasteiger partial charge on any atom is 0.0449 e. The molecule has 0 fully saturated rings. The minimum absolute atomic E-state index is 1.17. The molecule has 0 radical (unpaired) electrons. The number of hydrogen-bond donors (Lipinski definition) is 0. The second kappa shape index (κ2) is 4.14. The molecule has 72 valence electrons. The Kier molecular flexibility index (Phi) is 2.68. The maximum atomic E-state index is 2.21. The van der Waals surface area contributed by atoms with E-state index >= 15 is 0 Å². The topological polar surface area (TPSA) is 4.93 Å². The summed E-state index contributed by atoms with van der Waals surface area (Å²) in [5.41, 5.74) is 2.65. The van der Waals surface area contributed by atoms with Gasteiger partial charge in [-0.2, -0.15) is 0 Å². The van der Waals surface area contributed by atoms with Gasteiger partial charge in [0.05, 0.1) is 0 Å². The van der Waals surface area contributed by atoms with E-state index in [0.29, 0.717) is 0 Å². The number of aromatic nitrogens is 1. The van der Waals surface area contributed by atoms with Gasteiger partial charge in [-0.3, -0.25) is 0 Å². The van der Waals surface area contributed by atoms with E-state index in [1.54, 1.807) is 0 Å². The molecule has 1 aromatic heterocycles. The molecule has 0 atom stereocenters. The lowest BCUT2D eigenvalue weighted by atomic mass is 10.1. The van der Waals surface area contributed by atoms with Crippen LogP contribution in [0.5, 0.6) is 0 Å². The monoisotopic (exact) mass is 185 g/mol. The third kappa shape index (κ3) is 1.87. The van der Waals surface area contributed by atoms with E-state index in [2.05, 4.69) is 48.1 Å². The van der Waals surface area contributed by atoms with Crippen LogP contribution in [0, 0.1) is 0 Å². The van der Waals surface area contributed by atoms with Gasteiger partial charge in [-0.15, -0.1) is 0 Å². The first-order chi connectivity index (χ1) is 6.90. The fourth-order valence-corrected chi connectivity index (χ4v) is 1.63. The summed E-state index contributed by atoms with van der Waals surface area (Å²) in [7, 11) is 0. The molecule has 0 spiro atoms. The van der Waals surface area contributed by atoms with Crippen LogP contribution in [0.4, 0.5) is 0 Å². The van der Waals surface area contributed by atoms with Crippen molar-refractivity contribution >= 4 is 0 Å². The highest BCUT2D eigenvalue weighted by Crippen LogP contribution is 2.10. The van der Waals surface area contributed by atoms with Crippen LogP contribution in [0.15, 0.2) is 48.8 Å². The van der Waals surface area contributed by atoms with E-state index in [-0.39, 0.29) is 0 Å².